The van der Waals surface area contributed by atoms with E-state index >= 15 is 0 Å². The number of carbonyl (C=O) groups excluding carboxylic acids is 1. The van der Waals surface area contributed by atoms with Crippen molar-refractivity contribution < 1.29 is 4.79 Å². The van der Waals surface area contributed by atoms with Crippen molar-refractivity contribution in [1.82, 2.24) is 15.1 Å². The number of amides is 1. The van der Waals surface area contributed by atoms with Gasteiger partial charge in [0.15, 0.2) is 0 Å². The molecule has 0 bridgehead atoms. The van der Waals surface area contributed by atoms with Crippen molar-refractivity contribution in [2.45, 2.75) is 45.6 Å². The van der Waals surface area contributed by atoms with Crippen LogP contribution in [0.5, 0.6) is 0 Å². The van der Waals surface area contributed by atoms with Crippen LogP contribution in [0.4, 0.5) is 0 Å². The zero-order valence-corrected chi connectivity index (χ0v) is 13.1. The molecule has 1 heterocycles. The molecular weight excluding hydrogens is 274 g/mol. The average molecular weight is 297 g/mol. The number of benzene rings is 1. The van der Waals surface area contributed by atoms with Crippen LogP contribution in [0.25, 0.3) is 0 Å². The summed E-state index contributed by atoms with van der Waals surface area (Å²) >= 11 is 0. The molecule has 0 fully saturated rings. The lowest BCUT2D eigenvalue weighted by molar-refractivity contribution is -0.121. The molecule has 0 unspecified atom stereocenters. The van der Waals surface area contributed by atoms with Gasteiger partial charge in [-0.3, -0.25) is 9.48 Å². The van der Waals surface area contributed by atoms with Gasteiger partial charge < -0.3 is 5.32 Å². The average Bonchev–Trinajstić information content (AvgIpc) is 2.91. The number of hydrogen-bond acceptors (Lipinski definition) is 2. The summed E-state index contributed by atoms with van der Waals surface area (Å²) in [5.74, 6) is 0.0342. The van der Waals surface area contributed by atoms with Gasteiger partial charge in [0, 0.05) is 12.7 Å². The summed E-state index contributed by atoms with van der Waals surface area (Å²) in [5.41, 5.74) is 5.01. The van der Waals surface area contributed by atoms with E-state index in [1.165, 1.54) is 35.2 Å². The van der Waals surface area contributed by atoms with Crippen LogP contribution in [0.1, 0.15) is 35.2 Å². The third kappa shape index (κ3) is 3.75. The molecule has 4 heteroatoms. The third-order valence-electron chi connectivity index (χ3n) is 4.20. The molecular formula is C18H23N3O. The number of fused-ring (bicyclic) bond motifs is 1. The van der Waals surface area contributed by atoms with Crippen molar-refractivity contribution >= 4 is 5.91 Å². The molecule has 1 aliphatic rings. The first kappa shape index (κ1) is 14.8. The van der Waals surface area contributed by atoms with E-state index < -0.39 is 0 Å². The number of aromatic nitrogens is 2. The molecule has 1 aliphatic carbocycles. The smallest absolute Gasteiger partial charge is 0.241 e. The van der Waals surface area contributed by atoms with Gasteiger partial charge in [0.2, 0.25) is 5.91 Å². The monoisotopic (exact) mass is 297 g/mol. The number of aryl methyl sites for hydroxylation is 3. The number of carbonyl (C=O) groups is 1. The minimum absolute atomic E-state index is 0.0342. The minimum atomic E-state index is 0.0342. The normalized spacial score (nSPS) is 13.7. The van der Waals surface area contributed by atoms with Crippen LogP contribution >= 0.6 is 0 Å². The number of hydrogen-bond donors (Lipinski definition) is 1. The number of rotatable bonds is 5. The van der Waals surface area contributed by atoms with E-state index in [-0.39, 0.29) is 5.91 Å². The fourth-order valence-corrected chi connectivity index (χ4v) is 2.91. The Morgan fingerprint density at radius 3 is 2.77 bits per heavy atom. The van der Waals surface area contributed by atoms with Gasteiger partial charge in [-0.2, -0.15) is 5.10 Å². The largest absolute Gasteiger partial charge is 0.354 e. The molecule has 22 heavy (non-hydrogen) atoms. The van der Waals surface area contributed by atoms with Gasteiger partial charge in [-0.05, 0) is 50.2 Å². The van der Waals surface area contributed by atoms with Crippen LogP contribution in [-0.2, 0) is 30.6 Å². The highest BCUT2D eigenvalue weighted by Gasteiger charge is 2.14. The molecule has 3 rings (SSSR count). The Morgan fingerprint density at radius 2 is 2.00 bits per heavy atom. The van der Waals surface area contributed by atoms with Crippen LogP contribution in [0, 0.1) is 6.92 Å². The Bertz CT molecular complexity index is 619. The second-order valence-electron chi connectivity index (χ2n) is 6.09. The van der Waals surface area contributed by atoms with Crippen molar-refractivity contribution in [2.24, 2.45) is 0 Å². The molecule has 116 valence electrons. The lowest BCUT2D eigenvalue weighted by Gasteiger charge is -2.06. The van der Waals surface area contributed by atoms with Crippen molar-refractivity contribution in [2.75, 3.05) is 6.54 Å². The summed E-state index contributed by atoms with van der Waals surface area (Å²) < 4.78 is 1.79. The highest BCUT2D eigenvalue weighted by molar-refractivity contribution is 5.75. The summed E-state index contributed by atoms with van der Waals surface area (Å²) in [7, 11) is 0. The first-order valence-electron chi connectivity index (χ1n) is 8.08. The van der Waals surface area contributed by atoms with E-state index in [9.17, 15) is 4.79 Å². The van der Waals surface area contributed by atoms with Gasteiger partial charge in [-0.1, -0.05) is 29.8 Å². The molecule has 0 saturated carbocycles. The summed E-state index contributed by atoms with van der Waals surface area (Å²) in [6, 6.07) is 8.43. The zero-order chi connectivity index (χ0) is 15.4. The van der Waals surface area contributed by atoms with Crippen LogP contribution in [-0.4, -0.2) is 22.2 Å². The van der Waals surface area contributed by atoms with Gasteiger partial charge in [0.05, 0.1) is 5.69 Å². The van der Waals surface area contributed by atoms with Gasteiger partial charge >= 0.3 is 0 Å². The first-order chi connectivity index (χ1) is 10.7. The van der Waals surface area contributed by atoms with Gasteiger partial charge in [-0.25, -0.2) is 0 Å². The minimum Gasteiger partial charge on any atom is -0.354 e. The number of nitrogens with one attached hydrogen (secondary N) is 1. The van der Waals surface area contributed by atoms with E-state index in [0.29, 0.717) is 13.1 Å². The summed E-state index contributed by atoms with van der Waals surface area (Å²) in [4.78, 5) is 12.0. The Balaban J connectivity index is 1.46. The molecule has 2 aromatic rings. The molecule has 0 spiro atoms. The molecule has 1 amide bonds. The standard InChI is InChI=1S/C18H23N3O/c1-14-6-8-15(9-7-14)10-11-19-18(22)13-21-12-16-4-2-3-5-17(16)20-21/h6-9,12H,2-5,10-11,13H2,1H3,(H,19,22). The molecule has 0 atom stereocenters. The highest BCUT2D eigenvalue weighted by Crippen LogP contribution is 2.19. The summed E-state index contributed by atoms with van der Waals surface area (Å²) in [6.45, 7) is 3.07. The van der Waals surface area contributed by atoms with Crippen LogP contribution in [0.3, 0.4) is 0 Å². The maximum atomic E-state index is 12.0. The summed E-state index contributed by atoms with van der Waals surface area (Å²) in [5, 5.41) is 7.50. The molecule has 0 radical (unpaired) electrons. The molecule has 1 aromatic carbocycles. The molecule has 1 N–H and O–H groups in total. The Kier molecular flexibility index (Phi) is 4.56. The third-order valence-corrected chi connectivity index (χ3v) is 4.20. The van der Waals surface area contributed by atoms with Crippen LogP contribution in [0.2, 0.25) is 0 Å². The second-order valence-corrected chi connectivity index (χ2v) is 6.09. The van der Waals surface area contributed by atoms with Crippen molar-refractivity contribution in [3.63, 3.8) is 0 Å². The van der Waals surface area contributed by atoms with Gasteiger partial charge in [-0.15, -0.1) is 0 Å². The summed E-state index contributed by atoms with van der Waals surface area (Å²) in [6.07, 6.45) is 7.51. The zero-order valence-electron chi connectivity index (χ0n) is 13.1. The highest BCUT2D eigenvalue weighted by atomic mass is 16.2. The maximum Gasteiger partial charge on any atom is 0.241 e. The van der Waals surface area contributed by atoms with E-state index in [2.05, 4.69) is 41.6 Å². The lowest BCUT2D eigenvalue weighted by Crippen LogP contribution is -2.29. The van der Waals surface area contributed by atoms with Crippen LogP contribution in [0.15, 0.2) is 30.5 Å². The van der Waals surface area contributed by atoms with E-state index in [1.807, 2.05) is 6.20 Å². The quantitative estimate of drug-likeness (QED) is 0.921. The molecule has 0 saturated heterocycles. The van der Waals surface area contributed by atoms with E-state index in [1.54, 1.807) is 4.68 Å². The van der Waals surface area contributed by atoms with E-state index in [0.717, 1.165) is 19.3 Å². The first-order valence-corrected chi connectivity index (χ1v) is 8.08. The topological polar surface area (TPSA) is 46.9 Å². The fraction of sp³-hybridized carbons (Fsp3) is 0.444. The van der Waals surface area contributed by atoms with Crippen molar-refractivity contribution in [3.05, 3.63) is 52.8 Å². The molecule has 1 aromatic heterocycles. The number of nitrogens with zero attached hydrogens (tertiary/aromatic N) is 2. The van der Waals surface area contributed by atoms with Crippen LogP contribution < -0.4 is 5.32 Å². The predicted octanol–water partition coefficient (Wildman–Crippen LogP) is 2.43. The van der Waals surface area contributed by atoms with Gasteiger partial charge in [0.1, 0.15) is 6.54 Å². The lowest BCUT2D eigenvalue weighted by atomic mass is 9.99. The Morgan fingerprint density at radius 1 is 1.23 bits per heavy atom. The van der Waals surface area contributed by atoms with Crippen molar-refractivity contribution in [1.29, 1.82) is 0 Å². The fourth-order valence-electron chi connectivity index (χ4n) is 2.91. The Labute approximate surface area is 131 Å². The second kappa shape index (κ2) is 6.77. The predicted molar refractivity (Wildman–Crippen MR) is 86.8 cm³/mol. The van der Waals surface area contributed by atoms with E-state index in [4.69, 9.17) is 0 Å². The SMILES string of the molecule is Cc1ccc(CCNC(=O)Cn2cc3c(n2)CCCC3)cc1. The molecule has 4 nitrogen and oxygen atoms in total. The van der Waals surface area contributed by atoms with Crippen molar-refractivity contribution in [3.8, 4) is 0 Å². The van der Waals surface area contributed by atoms with Gasteiger partial charge in [0.25, 0.3) is 0 Å². The molecule has 0 aliphatic heterocycles. The Hall–Kier alpha value is -2.10. The maximum absolute atomic E-state index is 12.0.